The SMILES string of the molecule is FC1(F)c2ccc(-c3cccnc3)cc2-c2cc(-c3nc(-c4ccccc4)cc(-c4cccc(-c5ccnc(-c6ccc7c(c6)-c6cc(-c8nc(-c9ccccc9)cc(-c9ccccc9)n8)ccc6C7(F)F)c5)c4)n3)ccc21. The Labute approximate surface area is 446 Å². The third kappa shape index (κ3) is 8.04. The molecule has 0 atom stereocenters. The Hall–Kier alpha value is -10.1. The Kier molecular flexibility index (Phi) is 10.9. The molecule has 0 unspecified atom stereocenters. The van der Waals surface area contributed by atoms with E-state index in [-0.39, 0.29) is 22.3 Å². The van der Waals surface area contributed by atoms with Crippen LogP contribution in [0.3, 0.4) is 0 Å². The van der Waals surface area contributed by atoms with Crippen molar-refractivity contribution in [3.63, 3.8) is 0 Å². The molecule has 0 spiro atoms. The van der Waals surface area contributed by atoms with E-state index in [0.29, 0.717) is 67.7 Å². The second-order valence-corrected chi connectivity index (χ2v) is 19.5. The lowest BCUT2D eigenvalue weighted by atomic mass is 9.97. The van der Waals surface area contributed by atoms with E-state index in [1.807, 2.05) is 152 Å². The fraction of sp³-hybridized carbons (Fsp3) is 0.0294. The fourth-order valence-electron chi connectivity index (χ4n) is 10.8. The zero-order valence-corrected chi connectivity index (χ0v) is 41.3. The molecule has 78 heavy (non-hydrogen) atoms. The number of hydrogen-bond donors (Lipinski definition) is 0. The van der Waals surface area contributed by atoms with Gasteiger partial charge in [0.2, 0.25) is 0 Å². The third-order valence-corrected chi connectivity index (χ3v) is 14.7. The highest BCUT2D eigenvalue weighted by atomic mass is 19.3. The van der Waals surface area contributed by atoms with Crippen molar-refractivity contribution in [2.24, 2.45) is 0 Å². The summed E-state index contributed by atoms with van der Waals surface area (Å²) in [4.78, 5) is 29.1. The molecule has 0 bridgehead atoms. The summed E-state index contributed by atoms with van der Waals surface area (Å²) in [6.45, 7) is 0. The van der Waals surface area contributed by atoms with Gasteiger partial charge in [-0.3, -0.25) is 9.97 Å². The monoisotopic (exact) mass is 1020 g/mol. The Morgan fingerprint density at radius 3 is 1.12 bits per heavy atom. The van der Waals surface area contributed by atoms with Crippen molar-refractivity contribution in [3.05, 3.63) is 265 Å². The molecular weight excluding hydrogens is 977 g/mol. The highest BCUT2D eigenvalue weighted by Crippen LogP contribution is 2.54. The van der Waals surface area contributed by atoms with Crippen molar-refractivity contribution in [1.29, 1.82) is 0 Å². The molecular formula is C68H40F4N6. The van der Waals surface area contributed by atoms with Crippen LogP contribution in [0.4, 0.5) is 17.6 Å². The summed E-state index contributed by atoms with van der Waals surface area (Å²) in [7, 11) is 0. The quantitative estimate of drug-likeness (QED) is 0.134. The van der Waals surface area contributed by atoms with Crippen LogP contribution in [0, 0.1) is 0 Å². The van der Waals surface area contributed by atoms with Gasteiger partial charge in [0.1, 0.15) is 0 Å². The van der Waals surface area contributed by atoms with Crippen LogP contribution in [0.1, 0.15) is 22.3 Å². The fourth-order valence-corrected chi connectivity index (χ4v) is 10.8. The maximum atomic E-state index is 16.4. The standard InChI is InChI=1S/C68H40F4N6/c69-67(70)56-25-21-45(51-20-11-30-73-40-51)33-52(56)54-35-50(24-27-58(54)67)66-77-63(43-16-8-3-9-17-43)39-64(78-66)47-19-10-18-44(32-47)46-29-31-74-60(37-46)48-22-26-57-53(34-48)55-36-49(23-28-59(55)68(57,71)72)65-75-61(41-12-4-1-5-13-41)38-62(76-65)42-14-6-2-7-15-42/h1-40H. The second-order valence-electron chi connectivity index (χ2n) is 19.5. The minimum atomic E-state index is -3.23. The van der Waals surface area contributed by atoms with E-state index in [4.69, 9.17) is 24.9 Å². The maximum absolute atomic E-state index is 16.4. The number of nitrogens with zero attached hydrogens (tertiary/aromatic N) is 6. The molecule has 12 aromatic rings. The van der Waals surface area contributed by atoms with E-state index < -0.39 is 11.8 Å². The van der Waals surface area contributed by atoms with Gasteiger partial charge in [-0.15, -0.1) is 0 Å². The minimum absolute atomic E-state index is 0.0509. The second kappa shape index (κ2) is 18.4. The molecule has 0 saturated heterocycles. The van der Waals surface area contributed by atoms with Gasteiger partial charge in [0.25, 0.3) is 11.8 Å². The molecule has 0 saturated carbocycles. The highest BCUT2D eigenvalue weighted by Gasteiger charge is 2.46. The predicted octanol–water partition coefficient (Wildman–Crippen LogP) is 17.3. The van der Waals surface area contributed by atoms with E-state index in [2.05, 4.69) is 4.98 Å². The average Bonchev–Trinajstić information content (AvgIpc) is 4.07. The number of hydrogen-bond acceptors (Lipinski definition) is 6. The van der Waals surface area contributed by atoms with Gasteiger partial charge < -0.3 is 0 Å². The molecule has 14 rings (SSSR count). The summed E-state index contributed by atoms with van der Waals surface area (Å²) in [5.41, 5.74) is 13.4. The Bertz CT molecular complexity index is 4270. The lowest BCUT2D eigenvalue weighted by Crippen LogP contribution is -2.10. The number of halogens is 4. The summed E-state index contributed by atoms with van der Waals surface area (Å²) < 4.78 is 65.0. The lowest BCUT2D eigenvalue weighted by molar-refractivity contribution is 0.0474. The van der Waals surface area contributed by atoms with Crippen LogP contribution in [-0.4, -0.2) is 29.9 Å². The molecule has 370 valence electrons. The number of alkyl halides is 4. The largest absolute Gasteiger partial charge is 0.299 e. The smallest absolute Gasteiger partial charge is 0.264 e. The van der Waals surface area contributed by atoms with Crippen LogP contribution >= 0.6 is 0 Å². The Morgan fingerprint density at radius 1 is 0.256 bits per heavy atom. The van der Waals surface area contributed by atoms with Crippen LogP contribution < -0.4 is 0 Å². The van der Waals surface area contributed by atoms with Gasteiger partial charge in [-0.1, -0.05) is 164 Å². The van der Waals surface area contributed by atoms with Crippen LogP contribution in [0.2, 0.25) is 0 Å². The van der Waals surface area contributed by atoms with Gasteiger partial charge in [0, 0.05) is 85.4 Å². The molecule has 6 nitrogen and oxygen atoms in total. The molecule has 0 aliphatic heterocycles. The van der Waals surface area contributed by atoms with Crippen molar-refractivity contribution < 1.29 is 17.6 Å². The molecule has 10 heteroatoms. The summed E-state index contributed by atoms with van der Waals surface area (Å²) in [6.07, 6.45) is 5.12. The van der Waals surface area contributed by atoms with Crippen molar-refractivity contribution in [1.82, 2.24) is 29.9 Å². The predicted molar refractivity (Wildman–Crippen MR) is 299 cm³/mol. The number of aromatic nitrogens is 6. The van der Waals surface area contributed by atoms with Crippen molar-refractivity contribution in [2.45, 2.75) is 11.8 Å². The van der Waals surface area contributed by atoms with Crippen LogP contribution in [0.5, 0.6) is 0 Å². The molecule has 8 aromatic carbocycles. The first-order chi connectivity index (χ1) is 38.1. The zero-order chi connectivity index (χ0) is 52.5. The number of benzene rings is 8. The summed E-state index contributed by atoms with van der Waals surface area (Å²) in [5.74, 6) is -5.61. The van der Waals surface area contributed by atoms with E-state index >= 15 is 17.6 Å². The normalized spacial score (nSPS) is 13.3. The van der Waals surface area contributed by atoms with Gasteiger partial charge in [-0.2, -0.15) is 17.6 Å². The summed E-state index contributed by atoms with van der Waals surface area (Å²) in [6, 6.07) is 68.8. The van der Waals surface area contributed by atoms with E-state index in [0.717, 1.165) is 55.9 Å². The molecule has 0 amide bonds. The van der Waals surface area contributed by atoms with Crippen LogP contribution in [0.25, 0.3) is 124 Å². The molecule has 4 aromatic heterocycles. The molecule has 0 radical (unpaired) electrons. The first-order valence-corrected chi connectivity index (χ1v) is 25.4. The molecule has 4 heterocycles. The van der Waals surface area contributed by atoms with Gasteiger partial charge in [0.05, 0.1) is 28.5 Å². The maximum Gasteiger partial charge on any atom is 0.299 e. The van der Waals surface area contributed by atoms with E-state index in [9.17, 15) is 0 Å². The molecule has 0 N–H and O–H groups in total. The lowest BCUT2D eigenvalue weighted by Gasteiger charge is -2.13. The van der Waals surface area contributed by atoms with Crippen molar-refractivity contribution in [3.8, 4) is 124 Å². The minimum Gasteiger partial charge on any atom is -0.264 e. The Balaban J connectivity index is 0.816. The van der Waals surface area contributed by atoms with Gasteiger partial charge in [-0.25, -0.2) is 19.9 Å². The van der Waals surface area contributed by atoms with Crippen LogP contribution in [-0.2, 0) is 11.8 Å². The molecule has 2 aliphatic carbocycles. The Morgan fingerprint density at radius 2 is 0.628 bits per heavy atom. The first kappa shape index (κ1) is 46.5. The molecule has 0 fully saturated rings. The first-order valence-electron chi connectivity index (χ1n) is 25.4. The highest BCUT2D eigenvalue weighted by molar-refractivity contribution is 5.88. The van der Waals surface area contributed by atoms with Crippen molar-refractivity contribution >= 4 is 0 Å². The summed E-state index contributed by atoms with van der Waals surface area (Å²) in [5, 5.41) is 0. The number of rotatable bonds is 9. The van der Waals surface area contributed by atoms with Gasteiger partial charge in [-0.05, 0) is 99.6 Å². The third-order valence-electron chi connectivity index (χ3n) is 14.7. The van der Waals surface area contributed by atoms with E-state index in [1.165, 1.54) is 24.3 Å². The van der Waals surface area contributed by atoms with Crippen LogP contribution in [0.15, 0.2) is 243 Å². The zero-order valence-electron chi connectivity index (χ0n) is 41.3. The van der Waals surface area contributed by atoms with Gasteiger partial charge >= 0.3 is 0 Å². The summed E-state index contributed by atoms with van der Waals surface area (Å²) >= 11 is 0. The van der Waals surface area contributed by atoms with E-state index in [1.54, 1.807) is 67.1 Å². The number of fused-ring (bicyclic) bond motifs is 6. The average molecular weight is 1020 g/mol. The molecule has 2 aliphatic rings. The topological polar surface area (TPSA) is 77.3 Å². The number of pyridine rings is 2. The van der Waals surface area contributed by atoms with Crippen molar-refractivity contribution in [2.75, 3.05) is 0 Å². The van der Waals surface area contributed by atoms with Gasteiger partial charge in [0.15, 0.2) is 11.6 Å².